The van der Waals surface area contributed by atoms with E-state index in [2.05, 4.69) is 13.0 Å². The Hall–Kier alpha value is -1.06. The van der Waals surface area contributed by atoms with E-state index < -0.39 is 0 Å². The molecular weight excluding hydrogens is 276 g/mol. The molecule has 6 atom stereocenters. The first-order valence-electron chi connectivity index (χ1n) is 8.58. The van der Waals surface area contributed by atoms with Gasteiger partial charge in [-0.05, 0) is 78.5 Å². The lowest BCUT2D eigenvalue weighted by Gasteiger charge is -2.51. The molecule has 0 saturated heterocycles. The van der Waals surface area contributed by atoms with Crippen LogP contribution in [0.1, 0.15) is 62.2 Å². The number of hydrogen-bond acceptors (Lipinski definition) is 3. The number of hydrogen-bond donors (Lipinski definition) is 2. The molecule has 4 rings (SSSR count). The summed E-state index contributed by atoms with van der Waals surface area (Å²) < 4.78 is 5.76. The maximum absolute atomic E-state index is 10.5. The Morgan fingerprint density at radius 2 is 2.00 bits per heavy atom. The van der Waals surface area contributed by atoms with Crippen LogP contribution in [-0.2, 0) is 4.74 Å². The summed E-state index contributed by atoms with van der Waals surface area (Å²) in [6.07, 6.45) is 5.29. The molecule has 0 aliphatic heterocycles. The molecule has 2 saturated carbocycles. The Kier molecular flexibility index (Phi) is 3.28. The number of phenols is 1. The fourth-order valence-corrected chi connectivity index (χ4v) is 5.75. The summed E-state index contributed by atoms with van der Waals surface area (Å²) in [6, 6.07) is 5.80. The van der Waals surface area contributed by atoms with Crippen LogP contribution in [-0.4, -0.2) is 23.4 Å². The summed E-state index contributed by atoms with van der Waals surface area (Å²) in [7, 11) is 1.77. The number of phenolic OH excluding ortho intramolecular Hbond substituents is 1. The molecule has 2 N–H and O–H groups in total. The Bertz CT molecular complexity index is 584. The highest BCUT2D eigenvalue weighted by Crippen LogP contribution is 2.62. The molecule has 0 radical (unpaired) electrons. The van der Waals surface area contributed by atoms with Crippen molar-refractivity contribution in [3.8, 4) is 5.75 Å². The molecule has 22 heavy (non-hydrogen) atoms. The first-order valence-corrected chi connectivity index (χ1v) is 8.58. The largest absolute Gasteiger partial charge is 0.508 e. The minimum atomic E-state index is -0.138. The predicted molar refractivity (Wildman–Crippen MR) is 84.8 cm³/mol. The molecule has 2 fully saturated rings. The van der Waals surface area contributed by atoms with E-state index in [0.29, 0.717) is 23.5 Å². The Morgan fingerprint density at radius 1 is 1.18 bits per heavy atom. The van der Waals surface area contributed by atoms with E-state index in [-0.39, 0.29) is 17.6 Å². The molecule has 120 valence electrons. The van der Waals surface area contributed by atoms with Crippen molar-refractivity contribution in [2.75, 3.05) is 7.11 Å². The summed E-state index contributed by atoms with van der Waals surface area (Å²) in [5, 5.41) is 20.3. The van der Waals surface area contributed by atoms with Gasteiger partial charge in [0, 0.05) is 7.11 Å². The zero-order valence-electron chi connectivity index (χ0n) is 13.5. The minimum Gasteiger partial charge on any atom is -0.508 e. The SMILES string of the molecule is COC1C[C@@H]2[C@H](CC[C@]3(C)[C@@H](O)CC[C@@H]23)c2ccc(O)cc21. The van der Waals surface area contributed by atoms with Gasteiger partial charge in [-0.25, -0.2) is 0 Å². The van der Waals surface area contributed by atoms with Crippen LogP contribution in [0.5, 0.6) is 5.75 Å². The van der Waals surface area contributed by atoms with E-state index in [1.165, 1.54) is 11.1 Å². The number of ether oxygens (including phenoxy) is 1. The molecule has 3 heteroatoms. The van der Waals surface area contributed by atoms with Crippen molar-refractivity contribution in [3.63, 3.8) is 0 Å². The number of aromatic hydroxyl groups is 1. The molecular formula is C19H26O3. The average Bonchev–Trinajstić information content (AvgIpc) is 2.82. The topological polar surface area (TPSA) is 49.7 Å². The van der Waals surface area contributed by atoms with Gasteiger partial charge in [0.2, 0.25) is 0 Å². The van der Waals surface area contributed by atoms with Crippen molar-refractivity contribution in [1.29, 1.82) is 0 Å². The normalized spacial score (nSPS) is 43.3. The molecule has 1 aromatic carbocycles. The maximum atomic E-state index is 10.5. The number of benzene rings is 1. The van der Waals surface area contributed by atoms with Gasteiger partial charge in [0.1, 0.15) is 5.75 Å². The molecule has 1 aromatic rings. The second-order valence-electron chi connectivity index (χ2n) is 7.79. The molecule has 1 unspecified atom stereocenters. The molecule has 3 aliphatic rings. The van der Waals surface area contributed by atoms with Crippen LogP contribution in [0.3, 0.4) is 0 Å². The maximum Gasteiger partial charge on any atom is 0.115 e. The zero-order valence-corrected chi connectivity index (χ0v) is 13.5. The van der Waals surface area contributed by atoms with Crippen LogP contribution < -0.4 is 0 Å². The third kappa shape index (κ3) is 1.88. The Labute approximate surface area is 132 Å². The van der Waals surface area contributed by atoms with Gasteiger partial charge >= 0.3 is 0 Å². The molecule has 3 aliphatic carbocycles. The van der Waals surface area contributed by atoms with Gasteiger partial charge in [-0.3, -0.25) is 0 Å². The van der Waals surface area contributed by atoms with E-state index in [1.807, 2.05) is 12.1 Å². The smallest absolute Gasteiger partial charge is 0.115 e. The predicted octanol–water partition coefficient (Wildman–Crippen LogP) is 3.75. The summed E-state index contributed by atoms with van der Waals surface area (Å²) in [6.45, 7) is 2.29. The van der Waals surface area contributed by atoms with Gasteiger partial charge < -0.3 is 14.9 Å². The van der Waals surface area contributed by atoms with Crippen molar-refractivity contribution >= 4 is 0 Å². The van der Waals surface area contributed by atoms with Crippen molar-refractivity contribution < 1.29 is 14.9 Å². The quantitative estimate of drug-likeness (QED) is 0.830. The van der Waals surface area contributed by atoms with Crippen molar-refractivity contribution in [1.82, 2.24) is 0 Å². The van der Waals surface area contributed by atoms with Gasteiger partial charge in [-0.2, -0.15) is 0 Å². The summed E-state index contributed by atoms with van der Waals surface area (Å²) in [5.74, 6) is 2.08. The third-order valence-electron chi connectivity index (χ3n) is 6.97. The first-order chi connectivity index (χ1) is 10.5. The van der Waals surface area contributed by atoms with Crippen molar-refractivity contribution in [2.24, 2.45) is 17.3 Å². The van der Waals surface area contributed by atoms with E-state index in [0.717, 1.165) is 32.1 Å². The van der Waals surface area contributed by atoms with Crippen LogP contribution in [0.25, 0.3) is 0 Å². The molecule has 0 aromatic heterocycles. The fraction of sp³-hybridized carbons (Fsp3) is 0.684. The monoisotopic (exact) mass is 302 g/mol. The van der Waals surface area contributed by atoms with Gasteiger partial charge in [0.05, 0.1) is 12.2 Å². The fourth-order valence-electron chi connectivity index (χ4n) is 5.75. The van der Waals surface area contributed by atoms with Crippen molar-refractivity contribution in [3.05, 3.63) is 29.3 Å². The van der Waals surface area contributed by atoms with Gasteiger partial charge in [0.25, 0.3) is 0 Å². The lowest BCUT2D eigenvalue weighted by atomic mass is 9.55. The van der Waals surface area contributed by atoms with Gasteiger partial charge in [0.15, 0.2) is 0 Å². The van der Waals surface area contributed by atoms with E-state index in [1.54, 1.807) is 7.11 Å². The summed E-state index contributed by atoms with van der Waals surface area (Å²) >= 11 is 0. The van der Waals surface area contributed by atoms with Crippen molar-refractivity contribution in [2.45, 2.75) is 57.2 Å². The van der Waals surface area contributed by atoms with Gasteiger partial charge in [-0.15, -0.1) is 0 Å². The second-order valence-corrected chi connectivity index (χ2v) is 7.79. The number of aliphatic hydroxyl groups excluding tert-OH is 1. The molecule has 3 nitrogen and oxygen atoms in total. The molecule has 0 spiro atoms. The van der Waals surface area contributed by atoms with E-state index >= 15 is 0 Å². The number of rotatable bonds is 1. The third-order valence-corrected chi connectivity index (χ3v) is 6.97. The average molecular weight is 302 g/mol. The lowest BCUT2D eigenvalue weighted by Crippen LogP contribution is -2.44. The number of methoxy groups -OCH3 is 1. The van der Waals surface area contributed by atoms with Gasteiger partial charge in [-0.1, -0.05) is 13.0 Å². The number of fused-ring (bicyclic) bond motifs is 5. The zero-order chi connectivity index (χ0) is 15.5. The highest BCUT2D eigenvalue weighted by molar-refractivity contribution is 5.41. The second kappa shape index (κ2) is 4.97. The first kappa shape index (κ1) is 14.5. The Morgan fingerprint density at radius 3 is 2.77 bits per heavy atom. The van der Waals surface area contributed by atoms with Crippen LogP contribution in [0, 0.1) is 17.3 Å². The molecule has 0 heterocycles. The van der Waals surface area contributed by atoms with E-state index in [4.69, 9.17) is 4.74 Å². The summed E-state index contributed by atoms with van der Waals surface area (Å²) in [4.78, 5) is 0. The summed E-state index contributed by atoms with van der Waals surface area (Å²) in [5.41, 5.74) is 2.63. The number of aliphatic hydroxyl groups is 1. The lowest BCUT2D eigenvalue weighted by molar-refractivity contribution is -0.0432. The standard InChI is InChI=1S/C19H26O3/c1-19-8-7-13-12-4-3-11(20)9-15(12)17(22-2)10-14(13)16(19)5-6-18(19)21/h3-4,9,13-14,16-18,20-21H,5-8,10H2,1-2H3/t13-,14-,16+,17?,18+,19+/m1/s1. The molecule has 0 amide bonds. The van der Waals surface area contributed by atoms with E-state index in [9.17, 15) is 10.2 Å². The van der Waals surface area contributed by atoms with Crippen LogP contribution in [0.2, 0.25) is 0 Å². The molecule has 0 bridgehead atoms. The highest BCUT2D eigenvalue weighted by atomic mass is 16.5. The van der Waals surface area contributed by atoms with Crippen LogP contribution in [0.15, 0.2) is 18.2 Å². The highest BCUT2D eigenvalue weighted by Gasteiger charge is 2.55. The minimum absolute atomic E-state index is 0.0726. The van der Waals surface area contributed by atoms with Crippen LogP contribution >= 0.6 is 0 Å². The Balaban J connectivity index is 1.76. The van der Waals surface area contributed by atoms with Crippen LogP contribution in [0.4, 0.5) is 0 Å².